The number of nitrogens with one attached hydrogen (secondary N) is 2. The SMILES string of the molecule is COc1cc2c(cc1OC)C(O)(CNS(=O)(=O)c1c(C)n[nH]c1C)CC2. The van der Waals surface area contributed by atoms with Crippen LogP contribution < -0.4 is 14.2 Å². The zero-order valence-corrected chi connectivity index (χ0v) is 16.0. The number of benzene rings is 1. The normalized spacial score (nSPS) is 19.4. The maximum Gasteiger partial charge on any atom is 0.244 e. The van der Waals surface area contributed by atoms with E-state index in [1.807, 2.05) is 6.07 Å². The lowest BCUT2D eigenvalue weighted by Crippen LogP contribution is -2.39. The summed E-state index contributed by atoms with van der Waals surface area (Å²) in [5, 5.41) is 17.7. The highest BCUT2D eigenvalue weighted by Gasteiger charge is 2.39. The molecule has 1 atom stereocenters. The van der Waals surface area contributed by atoms with Crippen LogP contribution in [0.1, 0.15) is 28.9 Å². The Bertz CT molecular complexity index is 919. The van der Waals surface area contributed by atoms with Gasteiger partial charge in [-0.1, -0.05) is 0 Å². The molecule has 0 saturated carbocycles. The Morgan fingerprint density at radius 3 is 2.50 bits per heavy atom. The first-order valence-electron chi connectivity index (χ1n) is 8.21. The standard InChI is InChI=1S/C17H23N3O5S/c1-10-16(11(2)20-19-10)26(22,23)18-9-17(21)6-5-12-7-14(24-3)15(25-4)8-13(12)17/h7-8,18,21H,5-6,9H2,1-4H3,(H,19,20). The predicted molar refractivity (Wildman–Crippen MR) is 95.0 cm³/mol. The number of aromatic amines is 1. The van der Waals surface area contributed by atoms with Gasteiger partial charge in [-0.2, -0.15) is 5.10 Å². The molecule has 1 aromatic carbocycles. The minimum absolute atomic E-state index is 0.117. The summed E-state index contributed by atoms with van der Waals surface area (Å²) in [4.78, 5) is 0.117. The molecule has 0 amide bonds. The quantitative estimate of drug-likeness (QED) is 0.692. The van der Waals surface area contributed by atoms with Crippen molar-refractivity contribution < 1.29 is 23.0 Å². The van der Waals surface area contributed by atoms with Gasteiger partial charge in [0.15, 0.2) is 11.5 Å². The van der Waals surface area contributed by atoms with Gasteiger partial charge in [0.25, 0.3) is 0 Å². The highest BCUT2D eigenvalue weighted by Crippen LogP contribution is 2.42. The molecule has 1 aromatic heterocycles. The lowest BCUT2D eigenvalue weighted by atomic mass is 9.96. The van der Waals surface area contributed by atoms with E-state index in [1.165, 1.54) is 7.11 Å². The van der Waals surface area contributed by atoms with E-state index in [9.17, 15) is 13.5 Å². The monoisotopic (exact) mass is 381 g/mol. The van der Waals surface area contributed by atoms with Crippen LogP contribution in [0.25, 0.3) is 0 Å². The molecular weight excluding hydrogens is 358 g/mol. The highest BCUT2D eigenvalue weighted by molar-refractivity contribution is 7.89. The van der Waals surface area contributed by atoms with E-state index < -0.39 is 15.6 Å². The van der Waals surface area contributed by atoms with E-state index in [1.54, 1.807) is 27.0 Å². The van der Waals surface area contributed by atoms with E-state index in [2.05, 4.69) is 14.9 Å². The number of aromatic nitrogens is 2. The molecule has 26 heavy (non-hydrogen) atoms. The van der Waals surface area contributed by atoms with Crippen molar-refractivity contribution in [3.63, 3.8) is 0 Å². The number of aryl methyl sites for hydroxylation is 3. The second-order valence-corrected chi connectivity index (χ2v) is 8.19. The maximum atomic E-state index is 12.6. The Balaban J connectivity index is 1.89. The number of methoxy groups -OCH3 is 2. The molecule has 3 rings (SSSR count). The molecule has 0 spiro atoms. The lowest BCUT2D eigenvalue weighted by molar-refractivity contribution is 0.0440. The van der Waals surface area contributed by atoms with Crippen molar-refractivity contribution in [3.8, 4) is 11.5 Å². The molecule has 3 N–H and O–H groups in total. The molecule has 0 radical (unpaired) electrons. The van der Waals surface area contributed by atoms with Crippen LogP contribution in [-0.2, 0) is 22.0 Å². The first-order valence-corrected chi connectivity index (χ1v) is 9.69. The van der Waals surface area contributed by atoms with Gasteiger partial charge in [0, 0.05) is 6.54 Å². The first kappa shape index (κ1) is 18.7. The molecule has 1 aliphatic carbocycles. The smallest absolute Gasteiger partial charge is 0.244 e. The summed E-state index contributed by atoms with van der Waals surface area (Å²) in [6, 6.07) is 3.54. The van der Waals surface area contributed by atoms with E-state index in [-0.39, 0.29) is 11.4 Å². The van der Waals surface area contributed by atoms with E-state index in [0.717, 1.165) is 5.56 Å². The van der Waals surface area contributed by atoms with Crippen LogP contribution in [0, 0.1) is 13.8 Å². The summed E-state index contributed by atoms with van der Waals surface area (Å²) < 4.78 is 38.4. The molecule has 0 aliphatic heterocycles. The third kappa shape index (κ3) is 3.06. The molecular formula is C17H23N3O5S. The molecule has 8 nitrogen and oxygen atoms in total. The van der Waals surface area contributed by atoms with Crippen LogP contribution >= 0.6 is 0 Å². The minimum atomic E-state index is -3.79. The molecule has 1 aliphatic rings. The summed E-state index contributed by atoms with van der Waals surface area (Å²) in [5.41, 5.74) is 1.10. The predicted octanol–water partition coefficient (Wildman–Crippen LogP) is 1.16. The van der Waals surface area contributed by atoms with Crippen molar-refractivity contribution in [2.45, 2.75) is 37.2 Å². The van der Waals surface area contributed by atoms with Gasteiger partial charge in [-0.25, -0.2) is 13.1 Å². The van der Waals surface area contributed by atoms with Crippen molar-refractivity contribution >= 4 is 10.0 Å². The first-order chi connectivity index (χ1) is 12.2. The van der Waals surface area contributed by atoms with Crippen LogP contribution in [0.4, 0.5) is 0 Å². The third-order valence-corrected chi connectivity index (χ3v) is 6.47. The Kier molecular flexibility index (Phi) is 4.72. The van der Waals surface area contributed by atoms with Crippen molar-refractivity contribution in [3.05, 3.63) is 34.6 Å². The number of nitrogens with zero attached hydrogens (tertiary/aromatic N) is 1. The van der Waals surface area contributed by atoms with Gasteiger partial charge in [-0.3, -0.25) is 5.10 Å². The Morgan fingerprint density at radius 1 is 1.27 bits per heavy atom. The van der Waals surface area contributed by atoms with Gasteiger partial charge in [-0.15, -0.1) is 0 Å². The van der Waals surface area contributed by atoms with Crippen molar-refractivity contribution in [2.75, 3.05) is 20.8 Å². The number of hydrogen-bond acceptors (Lipinski definition) is 6. The molecule has 1 unspecified atom stereocenters. The van der Waals surface area contributed by atoms with Gasteiger partial charge in [0.1, 0.15) is 10.5 Å². The number of sulfonamides is 1. The fourth-order valence-electron chi connectivity index (χ4n) is 3.44. The van der Waals surface area contributed by atoms with Crippen molar-refractivity contribution in [1.82, 2.24) is 14.9 Å². The number of rotatable bonds is 6. The number of H-pyrrole nitrogens is 1. The largest absolute Gasteiger partial charge is 0.493 e. The van der Waals surface area contributed by atoms with Crippen LogP contribution in [0.5, 0.6) is 11.5 Å². The summed E-state index contributed by atoms with van der Waals surface area (Å²) in [7, 11) is -0.725. The lowest BCUT2D eigenvalue weighted by Gasteiger charge is -2.25. The van der Waals surface area contributed by atoms with E-state index in [4.69, 9.17) is 9.47 Å². The van der Waals surface area contributed by atoms with Gasteiger partial charge in [-0.05, 0) is 49.9 Å². The fourth-order valence-corrected chi connectivity index (χ4v) is 4.90. The zero-order chi connectivity index (χ0) is 19.1. The summed E-state index contributed by atoms with van der Waals surface area (Å²) in [6.45, 7) is 3.13. The maximum absolute atomic E-state index is 12.6. The average Bonchev–Trinajstić information content (AvgIpc) is 3.12. The Labute approximate surface area is 152 Å². The molecule has 9 heteroatoms. The van der Waals surface area contributed by atoms with Crippen molar-refractivity contribution in [1.29, 1.82) is 0 Å². The van der Waals surface area contributed by atoms with Gasteiger partial charge < -0.3 is 14.6 Å². The van der Waals surface area contributed by atoms with Crippen LogP contribution in [-0.4, -0.2) is 44.5 Å². The van der Waals surface area contributed by atoms with Crippen molar-refractivity contribution in [2.24, 2.45) is 0 Å². The Morgan fingerprint density at radius 2 is 1.92 bits per heavy atom. The molecule has 0 bridgehead atoms. The second kappa shape index (κ2) is 6.57. The van der Waals surface area contributed by atoms with Crippen LogP contribution in [0.3, 0.4) is 0 Å². The van der Waals surface area contributed by atoms with E-state index >= 15 is 0 Å². The molecule has 2 aromatic rings. The molecule has 142 valence electrons. The number of ether oxygens (including phenoxy) is 2. The fraction of sp³-hybridized carbons (Fsp3) is 0.471. The van der Waals surface area contributed by atoms with E-state index in [0.29, 0.717) is 41.3 Å². The third-order valence-electron chi connectivity index (χ3n) is 4.80. The molecule has 0 saturated heterocycles. The summed E-state index contributed by atoms with van der Waals surface area (Å²) in [6.07, 6.45) is 1.03. The molecule has 1 heterocycles. The number of aliphatic hydroxyl groups is 1. The zero-order valence-electron chi connectivity index (χ0n) is 15.2. The second-order valence-electron chi connectivity index (χ2n) is 6.48. The van der Waals surface area contributed by atoms with Gasteiger partial charge in [0.05, 0.1) is 25.6 Å². The number of hydrogen-bond donors (Lipinski definition) is 3. The topological polar surface area (TPSA) is 114 Å². The van der Waals surface area contributed by atoms with Gasteiger partial charge >= 0.3 is 0 Å². The minimum Gasteiger partial charge on any atom is -0.493 e. The van der Waals surface area contributed by atoms with Crippen LogP contribution in [0.15, 0.2) is 17.0 Å². The summed E-state index contributed by atoms with van der Waals surface area (Å²) >= 11 is 0. The highest BCUT2D eigenvalue weighted by atomic mass is 32.2. The van der Waals surface area contributed by atoms with Crippen LogP contribution in [0.2, 0.25) is 0 Å². The summed E-state index contributed by atoms with van der Waals surface area (Å²) in [5.74, 6) is 1.08. The number of fused-ring (bicyclic) bond motifs is 1. The van der Waals surface area contributed by atoms with Gasteiger partial charge in [0.2, 0.25) is 10.0 Å². The Hall–Kier alpha value is -2.10. The average molecular weight is 381 g/mol. The molecule has 0 fully saturated rings.